The molecule has 0 spiro atoms. The molecule has 4 rings (SSSR count). The lowest BCUT2D eigenvalue weighted by atomic mass is 10.0. The van der Waals surface area contributed by atoms with Crippen molar-refractivity contribution in [2.45, 2.75) is 0 Å². The molecule has 102 valence electrons. The van der Waals surface area contributed by atoms with E-state index in [4.69, 9.17) is 5.73 Å². The smallest absolute Gasteiger partial charge is 0.132 e. The zero-order chi connectivity index (χ0) is 14.4. The van der Waals surface area contributed by atoms with Crippen LogP contribution in [0.3, 0.4) is 0 Å². The van der Waals surface area contributed by atoms with E-state index in [-0.39, 0.29) is 0 Å². The molecule has 0 radical (unpaired) electrons. The van der Waals surface area contributed by atoms with E-state index in [0.29, 0.717) is 5.82 Å². The lowest BCUT2D eigenvalue weighted by Gasteiger charge is -2.05. The monoisotopic (exact) mass is 276 g/mol. The average molecular weight is 276 g/mol. The van der Waals surface area contributed by atoms with Crippen LogP contribution in [0.2, 0.25) is 0 Å². The Kier molecular flexibility index (Phi) is 2.38. The van der Waals surface area contributed by atoms with E-state index in [0.717, 1.165) is 33.1 Å². The third kappa shape index (κ3) is 1.80. The molecular formula is C15H12N6. The molecular weight excluding hydrogens is 264 g/mol. The van der Waals surface area contributed by atoms with Crippen LogP contribution in [-0.2, 0) is 7.05 Å². The molecule has 0 aliphatic heterocycles. The second-order valence-electron chi connectivity index (χ2n) is 4.91. The molecule has 0 aliphatic rings. The Morgan fingerprint density at radius 1 is 0.952 bits per heavy atom. The zero-order valence-electron chi connectivity index (χ0n) is 11.4. The van der Waals surface area contributed by atoms with E-state index >= 15 is 0 Å². The molecule has 0 aliphatic carbocycles. The van der Waals surface area contributed by atoms with Crippen molar-refractivity contribution in [2.75, 3.05) is 5.73 Å². The van der Waals surface area contributed by atoms with Crippen molar-refractivity contribution in [3.63, 3.8) is 0 Å². The fourth-order valence-electron chi connectivity index (χ4n) is 2.50. The number of nitrogens with two attached hydrogens (primary N) is 1. The number of hydrogen-bond acceptors (Lipinski definition) is 5. The molecule has 2 N–H and O–H groups in total. The van der Waals surface area contributed by atoms with Crippen molar-refractivity contribution < 1.29 is 0 Å². The van der Waals surface area contributed by atoms with Crippen LogP contribution in [0, 0.1) is 0 Å². The predicted octanol–water partition coefficient (Wildman–Crippen LogP) is 2.16. The number of hydrogen-bond donors (Lipinski definition) is 1. The van der Waals surface area contributed by atoms with Gasteiger partial charge in [-0.15, -0.1) is 5.10 Å². The number of aromatic nitrogens is 5. The number of aryl methyl sites for hydroxylation is 1. The standard InChI is InChI=1S/C15H12N6/c1-21-15-11-6-9(10-3-5-14(16)18-7-10)2-4-12(11)17-8-13(15)19-20-21/h2-8H,1H3,(H2,16,18). The van der Waals surface area contributed by atoms with Crippen LogP contribution in [0.5, 0.6) is 0 Å². The SMILES string of the molecule is Cn1nnc2cnc3ccc(-c4ccc(N)nc4)cc3c21. The molecule has 0 amide bonds. The first-order chi connectivity index (χ1) is 10.2. The van der Waals surface area contributed by atoms with Crippen molar-refractivity contribution in [3.05, 3.63) is 42.7 Å². The summed E-state index contributed by atoms with van der Waals surface area (Å²) in [4.78, 5) is 8.56. The van der Waals surface area contributed by atoms with Crippen molar-refractivity contribution in [2.24, 2.45) is 7.05 Å². The maximum absolute atomic E-state index is 5.63. The molecule has 6 nitrogen and oxygen atoms in total. The second-order valence-corrected chi connectivity index (χ2v) is 4.91. The van der Waals surface area contributed by atoms with E-state index in [2.05, 4.69) is 26.3 Å². The van der Waals surface area contributed by atoms with E-state index in [1.54, 1.807) is 23.1 Å². The van der Waals surface area contributed by atoms with E-state index in [1.807, 2.05) is 25.2 Å². The minimum absolute atomic E-state index is 0.513. The number of benzene rings is 1. The second kappa shape index (κ2) is 4.24. The highest BCUT2D eigenvalue weighted by Crippen LogP contribution is 2.27. The number of pyridine rings is 2. The first kappa shape index (κ1) is 11.8. The van der Waals surface area contributed by atoms with Crippen LogP contribution in [-0.4, -0.2) is 25.0 Å². The van der Waals surface area contributed by atoms with Gasteiger partial charge in [-0.05, 0) is 29.8 Å². The fraction of sp³-hybridized carbons (Fsp3) is 0.0667. The topological polar surface area (TPSA) is 82.5 Å². The summed E-state index contributed by atoms with van der Waals surface area (Å²) in [6.45, 7) is 0. The van der Waals surface area contributed by atoms with Gasteiger partial charge < -0.3 is 5.73 Å². The Morgan fingerprint density at radius 3 is 2.62 bits per heavy atom. The Balaban J connectivity index is 2.02. The summed E-state index contributed by atoms with van der Waals surface area (Å²) in [5.74, 6) is 0.513. The van der Waals surface area contributed by atoms with Crippen molar-refractivity contribution in [1.82, 2.24) is 25.0 Å². The van der Waals surface area contributed by atoms with E-state index < -0.39 is 0 Å². The third-order valence-corrected chi connectivity index (χ3v) is 3.55. The molecule has 3 heterocycles. The van der Waals surface area contributed by atoms with Crippen LogP contribution < -0.4 is 5.73 Å². The van der Waals surface area contributed by atoms with Gasteiger partial charge in [0.15, 0.2) is 0 Å². The number of anilines is 1. The van der Waals surface area contributed by atoms with Gasteiger partial charge in [-0.2, -0.15) is 0 Å². The molecule has 0 saturated heterocycles. The van der Waals surface area contributed by atoms with E-state index in [1.165, 1.54) is 0 Å². The average Bonchev–Trinajstić information content (AvgIpc) is 2.89. The lowest BCUT2D eigenvalue weighted by molar-refractivity contribution is 0.738. The highest BCUT2D eigenvalue weighted by atomic mass is 15.4. The molecule has 21 heavy (non-hydrogen) atoms. The molecule has 0 saturated carbocycles. The fourth-order valence-corrected chi connectivity index (χ4v) is 2.50. The van der Waals surface area contributed by atoms with Gasteiger partial charge in [-0.3, -0.25) is 4.98 Å². The van der Waals surface area contributed by atoms with Crippen LogP contribution in [0.4, 0.5) is 5.82 Å². The zero-order valence-corrected chi connectivity index (χ0v) is 11.4. The lowest BCUT2D eigenvalue weighted by Crippen LogP contribution is -1.92. The molecule has 3 aromatic heterocycles. The van der Waals surface area contributed by atoms with Gasteiger partial charge in [-0.1, -0.05) is 11.3 Å². The van der Waals surface area contributed by atoms with Crippen LogP contribution in [0.25, 0.3) is 33.1 Å². The van der Waals surface area contributed by atoms with Crippen molar-refractivity contribution in [3.8, 4) is 11.1 Å². The Hall–Kier alpha value is -3.02. The minimum Gasteiger partial charge on any atom is -0.384 e. The number of fused-ring (bicyclic) bond motifs is 3. The maximum Gasteiger partial charge on any atom is 0.132 e. The molecule has 6 heteroatoms. The number of nitrogens with zero attached hydrogens (tertiary/aromatic N) is 5. The molecule has 0 atom stereocenters. The first-order valence-electron chi connectivity index (χ1n) is 6.52. The predicted molar refractivity (Wildman–Crippen MR) is 81.5 cm³/mol. The van der Waals surface area contributed by atoms with Gasteiger partial charge in [0.05, 0.1) is 17.2 Å². The minimum atomic E-state index is 0.513. The van der Waals surface area contributed by atoms with Gasteiger partial charge in [0.25, 0.3) is 0 Å². The van der Waals surface area contributed by atoms with Crippen LogP contribution >= 0.6 is 0 Å². The summed E-state index contributed by atoms with van der Waals surface area (Å²) < 4.78 is 1.77. The van der Waals surface area contributed by atoms with Gasteiger partial charge in [0.1, 0.15) is 11.3 Å². The van der Waals surface area contributed by atoms with E-state index in [9.17, 15) is 0 Å². The summed E-state index contributed by atoms with van der Waals surface area (Å²) in [5.41, 5.74) is 10.4. The highest BCUT2D eigenvalue weighted by Gasteiger charge is 2.09. The number of nitrogen functional groups attached to an aromatic ring is 1. The molecule has 0 unspecified atom stereocenters. The summed E-state index contributed by atoms with van der Waals surface area (Å²) in [6.07, 6.45) is 3.51. The summed E-state index contributed by atoms with van der Waals surface area (Å²) in [6, 6.07) is 9.86. The summed E-state index contributed by atoms with van der Waals surface area (Å²) in [5, 5.41) is 9.18. The molecule has 0 fully saturated rings. The first-order valence-corrected chi connectivity index (χ1v) is 6.52. The maximum atomic E-state index is 5.63. The molecule has 1 aromatic carbocycles. The van der Waals surface area contributed by atoms with Gasteiger partial charge in [0.2, 0.25) is 0 Å². The normalized spacial score (nSPS) is 11.3. The van der Waals surface area contributed by atoms with Crippen molar-refractivity contribution in [1.29, 1.82) is 0 Å². The molecule has 0 bridgehead atoms. The third-order valence-electron chi connectivity index (χ3n) is 3.55. The Morgan fingerprint density at radius 2 is 1.81 bits per heavy atom. The van der Waals surface area contributed by atoms with Crippen LogP contribution in [0.15, 0.2) is 42.7 Å². The summed E-state index contributed by atoms with van der Waals surface area (Å²) in [7, 11) is 1.88. The summed E-state index contributed by atoms with van der Waals surface area (Å²) >= 11 is 0. The Labute approximate surface area is 120 Å². The largest absolute Gasteiger partial charge is 0.384 e. The van der Waals surface area contributed by atoms with Gasteiger partial charge >= 0.3 is 0 Å². The van der Waals surface area contributed by atoms with Gasteiger partial charge in [-0.25, -0.2) is 9.67 Å². The van der Waals surface area contributed by atoms with Crippen molar-refractivity contribution >= 4 is 27.8 Å². The quantitative estimate of drug-likeness (QED) is 0.576. The highest BCUT2D eigenvalue weighted by molar-refractivity contribution is 6.03. The number of rotatable bonds is 1. The van der Waals surface area contributed by atoms with Gasteiger partial charge in [0, 0.05) is 24.2 Å². The molecule has 4 aromatic rings. The van der Waals surface area contributed by atoms with Crippen LogP contribution in [0.1, 0.15) is 0 Å². The Bertz CT molecular complexity index is 955.